The maximum Gasteiger partial charge on any atom is 0.222 e. The maximum atomic E-state index is 6.13. The van der Waals surface area contributed by atoms with Gasteiger partial charge in [0.25, 0.3) is 0 Å². The van der Waals surface area contributed by atoms with Crippen molar-refractivity contribution in [3.05, 3.63) is 36.4 Å². The number of ether oxygens (including phenoxy) is 2. The van der Waals surface area contributed by atoms with Crippen molar-refractivity contribution in [3.63, 3.8) is 0 Å². The van der Waals surface area contributed by atoms with Gasteiger partial charge < -0.3 is 30.7 Å². The average Bonchev–Trinajstić information content (AvgIpc) is 3.14. The van der Waals surface area contributed by atoms with Crippen LogP contribution in [0.3, 0.4) is 0 Å². The quantitative estimate of drug-likeness (QED) is 0.330. The lowest BCUT2D eigenvalue weighted by atomic mass is 10.1. The van der Waals surface area contributed by atoms with E-state index in [0.717, 1.165) is 63.2 Å². The number of nitrogens with one attached hydrogen (secondary N) is 3. The van der Waals surface area contributed by atoms with Crippen molar-refractivity contribution in [1.29, 1.82) is 0 Å². The van der Waals surface area contributed by atoms with Crippen molar-refractivity contribution in [3.8, 4) is 17.0 Å². The van der Waals surface area contributed by atoms with Crippen molar-refractivity contribution >= 4 is 45.5 Å². The van der Waals surface area contributed by atoms with Gasteiger partial charge >= 0.3 is 0 Å². The van der Waals surface area contributed by atoms with Crippen LogP contribution in [-0.4, -0.2) is 53.1 Å². The van der Waals surface area contributed by atoms with Crippen LogP contribution in [0, 0.1) is 0 Å². The molecule has 4 heterocycles. The topological polar surface area (TPSA) is 126 Å². The molecule has 1 atom stereocenters. The van der Waals surface area contributed by atoms with Gasteiger partial charge in [0.05, 0.1) is 54.3 Å². The Kier molecular flexibility index (Phi) is 4.47. The van der Waals surface area contributed by atoms with E-state index in [-0.39, 0.29) is 12.0 Å². The summed E-state index contributed by atoms with van der Waals surface area (Å²) in [6, 6.07) is 12.1. The zero-order valence-corrected chi connectivity index (χ0v) is 18.3. The molecule has 2 aromatic heterocycles. The molecule has 168 valence electrons. The second kappa shape index (κ2) is 7.52. The van der Waals surface area contributed by atoms with Gasteiger partial charge in [0.2, 0.25) is 5.95 Å². The number of hydrogen-bond acceptors (Lipinski definition) is 9. The first-order chi connectivity index (χ1) is 16.1. The van der Waals surface area contributed by atoms with Crippen molar-refractivity contribution < 1.29 is 9.47 Å². The lowest BCUT2D eigenvalue weighted by Crippen LogP contribution is -2.44. The number of rotatable bonds is 3. The minimum atomic E-state index is 0.211. The van der Waals surface area contributed by atoms with E-state index >= 15 is 0 Å². The van der Waals surface area contributed by atoms with Gasteiger partial charge in [-0.3, -0.25) is 5.10 Å². The molecule has 0 unspecified atom stereocenters. The van der Waals surface area contributed by atoms with Crippen molar-refractivity contribution in [2.24, 2.45) is 0 Å². The molecule has 0 amide bonds. The summed E-state index contributed by atoms with van der Waals surface area (Å²) >= 11 is 0. The second-order valence-corrected chi connectivity index (χ2v) is 8.24. The highest BCUT2D eigenvalue weighted by atomic mass is 16.5. The minimum Gasteiger partial charge on any atom is -0.494 e. The number of benzene rings is 2. The molecule has 33 heavy (non-hydrogen) atoms. The Morgan fingerprint density at radius 2 is 2.06 bits per heavy atom. The normalized spacial score (nSPS) is 17.2. The number of anilines is 6. The predicted octanol–water partition coefficient (Wildman–Crippen LogP) is 3.64. The lowest BCUT2D eigenvalue weighted by Gasteiger charge is -2.34. The van der Waals surface area contributed by atoms with E-state index in [2.05, 4.69) is 48.7 Å². The Morgan fingerprint density at radius 1 is 1.15 bits per heavy atom. The minimum absolute atomic E-state index is 0.211. The van der Waals surface area contributed by atoms with Gasteiger partial charge in [-0.1, -0.05) is 6.07 Å². The molecule has 6 rings (SSSR count). The molecule has 5 N–H and O–H groups in total. The second-order valence-electron chi connectivity index (χ2n) is 8.24. The van der Waals surface area contributed by atoms with Crippen molar-refractivity contribution in [2.75, 3.05) is 48.1 Å². The number of hydrogen-bond donors (Lipinski definition) is 4. The molecule has 2 aliphatic rings. The number of nitrogen functional groups attached to an aromatic ring is 1. The number of morpholine rings is 1. The third-order valence-corrected chi connectivity index (χ3v) is 6.11. The van der Waals surface area contributed by atoms with Gasteiger partial charge in [-0.25, -0.2) is 4.98 Å². The number of nitrogens with zero attached hydrogens (tertiary/aromatic N) is 4. The first kappa shape index (κ1) is 19.6. The number of aromatic nitrogens is 4. The summed E-state index contributed by atoms with van der Waals surface area (Å²) in [6.07, 6.45) is 0. The molecule has 2 aliphatic heterocycles. The number of aromatic amines is 1. The van der Waals surface area contributed by atoms with E-state index in [1.54, 1.807) is 7.11 Å². The molecule has 0 spiro atoms. The molecule has 2 aromatic carbocycles. The average molecular weight is 444 g/mol. The fourth-order valence-corrected chi connectivity index (χ4v) is 4.51. The van der Waals surface area contributed by atoms with Gasteiger partial charge in [-0.2, -0.15) is 10.1 Å². The summed E-state index contributed by atoms with van der Waals surface area (Å²) < 4.78 is 11.1. The summed E-state index contributed by atoms with van der Waals surface area (Å²) in [5.41, 5.74) is 11.3. The predicted molar refractivity (Wildman–Crippen MR) is 129 cm³/mol. The standard InChI is InChI=1S/C23H24N8O2/c1-12-11-33-7-6-31(12)19-10-15(26-23(24)27-19)13-8-16-20-17(9-13)29-30-22(20)28-21-14(25-16)4-3-5-18(21)32-2/h3-5,8-10,12,25H,6-7,11H2,1-2H3,(H2,24,26,27)(H2,28,29,30)/t12-/m1/s1. The fraction of sp³-hybridized carbons (Fsp3) is 0.261. The summed E-state index contributed by atoms with van der Waals surface area (Å²) in [6.45, 7) is 4.20. The zero-order valence-electron chi connectivity index (χ0n) is 18.3. The lowest BCUT2D eigenvalue weighted by molar-refractivity contribution is 0.0985. The van der Waals surface area contributed by atoms with Crippen LogP contribution in [0.4, 0.5) is 34.6 Å². The smallest absolute Gasteiger partial charge is 0.222 e. The number of fused-ring (bicyclic) bond motifs is 1. The highest BCUT2D eigenvalue weighted by Crippen LogP contribution is 2.44. The molecular weight excluding hydrogens is 420 g/mol. The van der Waals surface area contributed by atoms with Crippen LogP contribution < -0.4 is 26.0 Å². The van der Waals surface area contributed by atoms with Crippen LogP contribution in [-0.2, 0) is 4.74 Å². The largest absolute Gasteiger partial charge is 0.494 e. The summed E-state index contributed by atoms with van der Waals surface area (Å²) in [7, 11) is 1.65. The van der Waals surface area contributed by atoms with Gasteiger partial charge in [-0.05, 0) is 31.2 Å². The Bertz CT molecular complexity index is 1370. The molecule has 10 nitrogen and oxygen atoms in total. The van der Waals surface area contributed by atoms with E-state index in [1.807, 2.05) is 30.3 Å². The van der Waals surface area contributed by atoms with Crippen LogP contribution in [0.25, 0.3) is 22.2 Å². The number of methoxy groups -OCH3 is 1. The van der Waals surface area contributed by atoms with Crippen LogP contribution in [0.15, 0.2) is 36.4 Å². The van der Waals surface area contributed by atoms with Crippen LogP contribution >= 0.6 is 0 Å². The van der Waals surface area contributed by atoms with E-state index in [4.69, 9.17) is 15.2 Å². The van der Waals surface area contributed by atoms with E-state index in [0.29, 0.717) is 13.2 Å². The van der Waals surface area contributed by atoms with E-state index < -0.39 is 0 Å². The third kappa shape index (κ3) is 3.26. The van der Waals surface area contributed by atoms with E-state index in [9.17, 15) is 0 Å². The first-order valence-electron chi connectivity index (χ1n) is 10.8. The van der Waals surface area contributed by atoms with Gasteiger partial charge in [0, 0.05) is 18.2 Å². The molecule has 0 bridgehead atoms. The molecule has 1 fully saturated rings. The molecule has 0 aliphatic carbocycles. The number of H-pyrrole nitrogens is 1. The van der Waals surface area contributed by atoms with Gasteiger partial charge in [0.1, 0.15) is 17.3 Å². The zero-order chi connectivity index (χ0) is 22.5. The van der Waals surface area contributed by atoms with Gasteiger partial charge in [-0.15, -0.1) is 0 Å². The Morgan fingerprint density at radius 3 is 2.91 bits per heavy atom. The highest BCUT2D eigenvalue weighted by Gasteiger charge is 2.24. The van der Waals surface area contributed by atoms with Crippen LogP contribution in [0.1, 0.15) is 6.92 Å². The first-order valence-corrected chi connectivity index (χ1v) is 10.8. The van der Waals surface area contributed by atoms with E-state index in [1.165, 1.54) is 0 Å². The summed E-state index contributed by atoms with van der Waals surface area (Å²) in [5, 5.41) is 15.5. The van der Waals surface area contributed by atoms with Crippen molar-refractivity contribution in [2.45, 2.75) is 13.0 Å². The fourth-order valence-electron chi connectivity index (χ4n) is 4.51. The summed E-state index contributed by atoms with van der Waals surface area (Å²) in [5.74, 6) is 2.50. The molecule has 4 aromatic rings. The number of nitrogens with two attached hydrogens (primary N) is 1. The SMILES string of the molecule is COc1cccc2c1Nc1n[nH]c3cc(-c4cc(N5CCOC[C@H]5C)nc(N)n4)cc(c13)N2. The monoisotopic (exact) mass is 444 g/mol. The van der Waals surface area contributed by atoms with Crippen molar-refractivity contribution in [1.82, 2.24) is 20.2 Å². The Hall–Kier alpha value is -4.05. The molecular formula is C23H24N8O2. The maximum absolute atomic E-state index is 6.13. The Labute approximate surface area is 190 Å². The molecule has 0 radical (unpaired) electrons. The highest BCUT2D eigenvalue weighted by molar-refractivity contribution is 6.08. The molecule has 1 saturated heterocycles. The Balaban J connectivity index is 1.47. The summed E-state index contributed by atoms with van der Waals surface area (Å²) in [4.78, 5) is 11.2. The molecule has 0 saturated carbocycles. The number of para-hydroxylation sites is 1. The van der Waals surface area contributed by atoms with Gasteiger partial charge in [0.15, 0.2) is 5.82 Å². The van der Waals surface area contributed by atoms with Crippen LogP contribution in [0.2, 0.25) is 0 Å². The third-order valence-electron chi connectivity index (χ3n) is 6.11. The molecule has 10 heteroatoms. The van der Waals surface area contributed by atoms with Crippen LogP contribution in [0.5, 0.6) is 5.75 Å².